The zero-order valence-corrected chi connectivity index (χ0v) is 29.3. The van der Waals surface area contributed by atoms with Crippen LogP contribution < -0.4 is 16.0 Å². The Morgan fingerprint density at radius 1 is 0.377 bits per heavy atom. The first kappa shape index (κ1) is 31.6. The van der Waals surface area contributed by atoms with E-state index in [0.717, 1.165) is 0 Å². The molecule has 0 bridgehead atoms. The summed E-state index contributed by atoms with van der Waals surface area (Å²) in [7, 11) is 0. The predicted octanol–water partition coefficient (Wildman–Crippen LogP) is 11.0. The predicted molar refractivity (Wildman–Crippen MR) is 217 cm³/mol. The van der Waals surface area contributed by atoms with Gasteiger partial charge >= 0.3 is 0 Å². The van der Waals surface area contributed by atoms with E-state index in [4.69, 9.17) is 0 Å². The van der Waals surface area contributed by atoms with Crippen molar-refractivity contribution >= 4 is 10.8 Å². The van der Waals surface area contributed by atoms with Crippen molar-refractivity contribution in [3.8, 4) is 22.3 Å². The van der Waals surface area contributed by atoms with E-state index in [2.05, 4.69) is 216 Å². The number of rotatable bonds is 6. The average molecular weight is 682 g/mol. The van der Waals surface area contributed by atoms with Crippen LogP contribution in [-0.4, -0.2) is 0 Å². The Labute approximate surface area is 311 Å². The molecule has 1 heterocycles. The molecule has 1 saturated heterocycles. The fourth-order valence-electron chi connectivity index (χ4n) is 8.95. The van der Waals surface area contributed by atoms with E-state index in [-0.39, 0.29) is 18.5 Å². The summed E-state index contributed by atoms with van der Waals surface area (Å²) in [6.07, 6.45) is -0.277. The zero-order chi connectivity index (χ0) is 35.2. The lowest BCUT2D eigenvalue weighted by Crippen LogP contribution is -2.54. The molecule has 53 heavy (non-hydrogen) atoms. The van der Waals surface area contributed by atoms with Crippen molar-refractivity contribution in [2.45, 2.75) is 23.9 Å². The summed E-state index contributed by atoms with van der Waals surface area (Å²) in [5, 5.41) is 14.3. The molecule has 1 aliphatic heterocycles. The molecule has 2 unspecified atom stereocenters. The van der Waals surface area contributed by atoms with Gasteiger partial charge < -0.3 is 0 Å². The lowest BCUT2D eigenvalue weighted by atomic mass is 9.67. The van der Waals surface area contributed by atoms with Crippen LogP contribution in [0.15, 0.2) is 200 Å². The second kappa shape index (κ2) is 13.1. The molecule has 3 heteroatoms. The maximum absolute atomic E-state index is 3.97. The van der Waals surface area contributed by atoms with Crippen LogP contribution in [0.1, 0.15) is 57.4 Å². The summed E-state index contributed by atoms with van der Waals surface area (Å²) >= 11 is 0. The molecule has 0 saturated carbocycles. The summed E-state index contributed by atoms with van der Waals surface area (Å²) in [6, 6.07) is 73.1. The highest BCUT2D eigenvalue weighted by molar-refractivity contribution is 6.00. The van der Waals surface area contributed by atoms with E-state index in [9.17, 15) is 0 Å². The highest BCUT2D eigenvalue weighted by atomic mass is 15.4. The van der Waals surface area contributed by atoms with Crippen molar-refractivity contribution in [2.24, 2.45) is 0 Å². The molecule has 254 valence electrons. The Morgan fingerprint density at radius 2 is 0.887 bits per heavy atom. The van der Waals surface area contributed by atoms with E-state index >= 15 is 0 Å². The first-order valence-corrected chi connectivity index (χ1v) is 18.5. The minimum atomic E-state index is -0.475. The maximum Gasteiger partial charge on any atom is 0.0870 e. The standard InChI is InChI=1S/C50H39N3/c1-5-18-35(19-6-1)47-51-48(36-20-7-2-8-21-36)53-49(52-47)43-32-29-34-17-13-14-26-40(34)46(43)37-30-31-42-41-27-15-16-28-44(41)50(45(42)33-37,38-22-9-3-10-23-38)39-24-11-4-12-25-39/h1-33,47-49,51-53H. The van der Waals surface area contributed by atoms with Crippen LogP contribution in [0.3, 0.4) is 0 Å². The molecule has 0 aromatic heterocycles. The van der Waals surface area contributed by atoms with Crippen LogP contribution in [0.2, 0.25) is 0 Å². The lowest BCUT2D eigenvalue weighted by Gasteiger charge is -2.40. The lowest BCUT2D eigenvalue weighted by molar-refractivity contribution is 0.203. The van der Waals surface area contributed by atoms with Gasteiger partial charge in [-0.25, -0.2) is 0 Å². The topological polar surface area (TPSA) is 36.1 Å². The number of nitrogens with one attached hydrogen (secondary N) is 3. The van der Waals surface area contributed by atoms with Gasteiger partial charge in [0.2, 0.25) is 0 Å². The first-order valence-electron chi connectivity index (χ1n) is 18.5. The molecule has 1 fully saturated rings. The Kier molecular flexibility index (Phi) is 7.84. The van der Waals surface area contributed by atoms with Crippen LogP contribution in [0.5, 0.6) is 0 Å². The summed E-state index contributed by atoms with van der Waals surface area (Å²) in [4.78, 5) is 0. The third-order valence-corrected chi connectivity index (χ3v) is 11.3. The molecule has 1 aliphatic carbocycles. The molecule has 3 nitrogen and oxygen atoms in total. The Bertz CT molecular complexity index is 2460. The van der Waals surface area contributed by atoms with Crippen molar-refractivity contribution in [1.82, 2.24) is 16.0 Å². The van der Waals surface area contributed by atoms with E-state index in [1.54, 1.807) is 0 Å². The Morgan fingerprint density at radius 3 is 1.53 bits per heavy atom. The van der Waals surface area contributed by atoms with Crippen molar-refractivity contribution in [3.63, 3.8) is 0 Å². The van der Waals surface area contributed by atoms with Gasteiger partial charge in [-0.05, 0) is 78.0 Å². The molecular weight excluding hydrogens is 643 g/mol. The third kappa shape index (κ3) is 5.24. The van der Waals surface area contributed by atoms with Crippen LogP contribution >= 0.6 is 0 Å². The van der Waals surface area contributed by atoms with Crippen molar-refractivity contribution in [1.29, 1.82) is 0 Å². The van der Waals surface area contributed by atoms with Crippen molar-refractivity contribution in [3.05, 3.63) is 239 Å². The van der Waals surface area contributed by atoms with Crippen LogP contribution in [0.4, 0.5) is 0 Å². The Hall–Kier alpha value is -6.10. The molecule has 0 radical (unpaired) electrons. The minimum Gasteiger partial charge on any atom is -0.279 e. The summed E-state index contributed by atoms with van der Waals surface area (Å²) in [5.74, 6) is 0. The number of hydrogen-bond donors (Lipinski definition) is 3. The maximum atomic E-state index is 3.97. The molecule has 10 rings (SSSR count). The van der Waals surface area contributed by atoms with Gasteiger partial charge in [-0.3, -0.25) is 16.0 Å². The molecule has 3 N–H and O–H groups in total. The van der Waals surface area contributed by atoms with Crippen molar-refractivity contribution in [2.75, 3.05) is 0 Å². The summed E-state index contributed by atoms with van der Waals surface area (Å²) in [5.41, 5.74) is 13.3. The number of hydrogen-bond acceptors (Lipinski definition) is 3. The van der Waals surface area contributed by atoms with Crippen LogP contribution in [0.25, 0.3) is 33.0 Å². The van der Waals surface area contributed by atoms with E-state index in [0.29, 0.717) is 0 Å². The van der Waals surface area contributed by atoms with Gasteiger partial charge in [0.1, 0.15) is 0 Å². The van der Waals surface area contributed by atoms with E-state index in [1.807, 2.05) is 0 Å². The third-order valence-electron chi connectivity index (χ3n) is 11.3. The molecule has 8 aromatic carbocycles. The molecular formula is C50H39N3. The molecule has 2 atom stereocenters. The van der Waals surface area contributed by atoms with Gasteiger partial charge in [0.25, 0.3) is 0 Å². The average Bonchev–Trinajstić information content (AvgIpc) is 3.54. The van der Waals surface area contributed by atoms with Gasteiger partial charge in [-0.1, -0.05) is 194 Å². The van der Waals surface area contributed by atoms with Gasteiger partial charge in [0, 0.05) is 0 Å². The Balaban J connectivity index is 1.20. The minimum absolute atomic E-state index is 0.0645. The summed E-state index contributed by atoms with van der Waals surface area (Å²) in [6.45, 7) is 0. The largest absolute Gasteiger partial charge is 0.279 e. The molecule has 0 amide bonds. The smallest absolute Gasteiger partial charge is 0.0870 e. The SMILES string of the molecule is c1ccc(C2NC(c3ccccc3)NC(c3ccc4ccccc4c3-c3ccc4c(c3)C(c3ccccc3)(c3ccccc3)c3ccccc3-4)N2)cc1. The van der Waals surface area contributed by atoms with Crippen LogP contribution in [0, 0.1) is 0 Å². The highest BCUT2D eigenvalue weighted by Gasteiger charge is 2.46. The van der Waals surface area contributed by atoms with Gasteiger partial charge in [-0.2, -0.15) is 0 Å². The molecule has 2 aliphatic rings. The molecule has 0 spiro atoms. The van der Waals surface area contributed by atoms with Gasteiger partial charge in [-0.15, -0.1) is 0 Å². The van der Waals surface area contributed by atoms with E-state index in [1.165, 1.54) is 72.0 Å². The second-order valence-electron chi connectivity index (χ2n) is 14.2. The fourth-order valence-corrected chi connectivity index (χ4v) is 8.95. The first-order chi connectivity index (χ1) is 26.3. The molecule has 8 aromatic rings. The van der Waals surface area contributed by atoms with E-state index < -0.39 is 5.41 Å². The zero-order valence-electron chi connectivity index (χ0n) is 29.3. The van der Waals surface area contributed by atoms with Crippen molar-refractivity contribution < 1.29 is 0 Å². The van der Waals surface area contributed by atoms with Gasteiger partial charge in [0.15, 0.2) is 0 Å². The number of fused-ring (bicyclic) bond motifs is 4. The second-order valence-corrected chi connectivity index (χ2v) is 14.2. The fraction of sp³-hybridized carbons (Fsp3) is 0.0800. The normalized spacial score (nSPS) is 18.7. The number of benzene rings is 8. The monoisotopic (exact) mass is 681 g/mol. The van der Waals surface area contributed by atoms with Crippen LogP contribution in [-0.2, 0) is 5.41 Å². The summed E-state index contributed by atoms with van der Waals surface area (Å²) < 4.78 is 0. The quantitative estimate of drug-likeness (QED) is 0.163. The van der Waals surface area contributed by atoms with Gasteiger partial charge in [0.05, 0.1) is 23.9 Å². The highest BCUT2D eigenvalue weighted by Crippen LogP contribution is 2.57.